The maximum absolute atomic E-state index is 13.0. The predicted molar refractivity (Wildman–Crippen MR) is 99.5 cm³/mol. The average Bonchev–Trinajstić information content (AvgIpc) is 2.96. The lowest BCUT2D eigenvalue weighted by Gasteiger charge is -2.19. The van der Waals surface area contributed by atoms with Crippen molar-refractivity contribution in [2.45, 2.75) is 39.3 Å². The van der Waals surface area contributed by atoms with Crippen LogP contribution in [-0.2, 0) is 11.2 Å². The van der Waals surface area contributed by atoms with Gasteiger partial charge in [0.25, 0.3) is 0 Å². The van der Waals surface area contributed by atoms with Gasteiger partial charge in [-0.15, -0.1) is 0 Å². The van der Waals surface area contributed by atoms with Gasteiger partial charge in [-0.1, -0.05) is 0 Å². The maximum Gasteiger partial charge on any atom is 0.246 e. The summed E-state index contributed by atoms with van der Waals surface area (Å²) in [5, 5.41) is 5.94. The zero-order valence-electron chi connectivity index (χ0n) is 15.1. The van der Waals surface area contributed by atoms with Crippen LogP contribution in [0, 0.1) is 5.82 Å². The Morgan fingerprint density at radius 3 is 2.77 bits per heavy atom. The van der Waals surface area contributed by atoms with Crippen LogP contribution in [-0.4, -0.2) is 24.7 Å². The van der Waals surface area contributed by atoms with Gasteiger partial charge >= 0.3 is 0 Å². The molecule has 1 aliphatic rings. The fraction of sp³-hybridized carbons (Fsp3) is 0.350. The van der Waals surface area contributed by atoms with Crippen LogP contribution in [0.2, 0.25) is 0 Å². The van der Waals surface area contributed by atoms with Crippen LogP contribution in [0.25, 0.3) is 0 Å². The number of halogens is 1. The summed E-state index contributed by atoms with van der Waals surface area (Å²) in [5.74, 6) is 0.941. The van der Waals surface area contributed by atoms with Crippen molar-refractivity contribution in [3.63, 3.8) is 0 Å². The van der Waals surface area contributed by atoms with Crippen molar-refractivity contribution in [1.29, 1.82) is 0 Å². The van der Waals surface area contributed by atoms with Gasteiger partial charge in [-0.3, -0.25) is 4.79 Å². The topological polar surface area (TPSA) is 59.6 Å². The van der Waals surface area contributed by atoms with Crippen LogP contribution in [0.1, 0.15) is 26.3 Å². The summed E-state index contributed by atoms with van der Waals surface area (Å²) >= 11 is 0. The minimum atomic E-state index is -0.517. The van der Waals surface area contributed by atoms with Crippen LogP contribution in [0.3, 0.4) is 0 Å². The molecule has 2 aromatic rings. The van der Waals surface area contributed by atoms with Crippen LogP contribution < -0.4 is 20.1 Å². The lowest BCUT2D eigenvalue weighted by molar-refractivity contribution is -0.116. The Kier molecular flexibility index (Phi) is 5.30. The Morgan fingerprint density at radius 1 is 1.35 bits per heavy atom. The van der Waals surface area contributed by atoms with Gasteiger partial charge in [-0.05, 0) is 51.1 Å². The molecule has 0 saturated carbocycles. The Balaban J connectivity index is 1.73. The fourth-order valence-corrected chi connectivity index (χ4v) is 2.91. The van der Waals surface area contributed by atoms with Crippen LogP contribution in [0.5, 0.6) is 11.5 Å². The molecule has 5 nitrogen and oxygen atoms in total. The maximum atomic E-state index is 13.0. The highest BCUT2D eigenvalue weighted by Crippen LogP contribution is 2.38. The minimum absolute atomic E-state index is 0.133. The van der Waals surface area contributed by atoms with E-state index in [0.717, 1.165) is 17.7 Å². The van der Waals surface area contributed by atoms with Crippen molar-refractivity contribution in [3.8, 4) is 11.5 Å². The van der Waals surface area contributed by atoms with E-state index in [1.165, 1.54) is 24.3 Å². The number of hydrogen-bond donors (Lipinski definition) is 2. The number of nitrogens with one attached hydrogen (secondary N) is 2. The number of fused-ring (bicyclic) bond motifs is 1. The first-order chi connectivity index (χ1) is 12.5. The second kappa shape index (κ2) is 7.64. The highest BCUT2D eigenvalue weighted by molar-refractivity contribution is 5.96. The number of benzene rings is 2. The molecule has 2 N–H and O–H groups in total. The number of carbonyl (C=O) groups excluding carboxylic acids is 1. The van der Waals surface area contributed by atoms with Crippen molar-refractivity contribution >= 4 is 17.3 Å². The van der Waals surface area contributed by atoms with Gasteiger partial charge < -0.3 is 20.1 Å². The predicted octanol–water partition coefficient (Wildman–Crippen LogP) is 3.99. The molecule has 1 heterocycles. The Labute approximate surface area is 152 Å². The summed E-state index contributed by atoms with van der Waals surface area (Å²) in [6, 6.07) is 8.99. The molecule has 0 unspecified atom stereocenters. The molecule has 138 valence electrons. The summed E-state index contributed by atoms with van der Waals surface area (Å²) in [4.78, 5) is 12.4. The number of hydrogen-bond acceptors (Lipinski definition) is 4. The molecule has 2 atom stereocenters. The van der Waals surface area contributed by atoms with Crippen molar-refractivity contribution in [2.24, 2.45) is 0 Å². The molecular formula is C20H23FN2O3. The minimum Gasteiger partial charge on any atom is -0.492 e. The van der Waals surface area contributed by atoms with E-state index in [1.54, 1.807) is 6.92 Å². The van der Waals surface area contributed by atoms with Gasteiger partial charge in [0.1, 0.15) is 29.5 Å². The van der Waals surface area contributed by atoms with Gasteiger partial charge in [0.05, 0.1) is 12.3 Å². The van der Waals surface area contributed by atoms with Crippen molar-refractivity contribution in [3.05, 3.63) is 47.8 Å². The first kappa shape index (κ1) is 18.0. The number of anilines is 2. The molecule has 0 aromatic heterocycles. The van der Waals surface area contributed by atoms with Crippen LogP contribution in [0.15, 0.2) is 36.4 Å². The zero-order valence-corrected chi connectivity index (χ0v) is 15.1. The van der Waals surface area contributed by atoms with E-state index in [4.69, 9.17) is 9.47 Å². The molecule has 2 aromatic carbocycles. The van der Waals surface area contributed by atoms with E-state index in [9.17, 15) is 9.18 Å². The summed E-state index contributed by atoms with van der Waals surface area (Å²) in [6.07, 6.45) is 0.977. The largest absolute Gasteiger partial charge is 0.492 e. The number of carbonyl (C=O) groups is 1. The smallest absolute Gasteiger partial charge is 0.246 e. The molecule has 3 rings (SSSR count). The zero-order chi connectivity index (χ0) is 18.7. The Morgan fingerprint density at radius 2 is 2.08 bits per heavy atom. The van der Waals surface area contributed by atoms with Crippen molar-refractivity contribution in [2.75, 3.05) is 17.2 Å². The Bertz CT molecular complexity index is 792. The Hall–Kier alpha value is -2.76. The van der Waals surface area contributed by atoms with E-state index in [0.29, 0.717) is 23.7 Å². The summed E-state index contributed by atoms with van der Waals surface area (Å²) in [5.41, 5.74) is 2.36. The van der Waals surface area contributed by atoms with Crippen molar-refractivity contribution in [1.82, 2.24) is 0 Å². The number of rotatable bonds is 6. The van der Waals surface area contributed by atoms with Crippen LogP contribution >= 0.6 is 0 Å². The van der Waals surface area contributed by atoms with Crippen molar-refractivity contribution < 1.29 is 18.7 Å². The average molecular weight is 358 g/mol. The molecule has 0 aliphatic carbocycles. The van der Waals surface area contributed by atoms with E-state index in [1.807, 2.05) is 26.0 Å². The first-order valence-corrected chi connectivity index (χ1v) is 8.75. The van der Waals surface area contributed by atoms with E-state index >= 15 is 0 Å². The third-order valence-corrected chi connectivity index (χ3v) is 4.18. The molecule has 26 heavy (non-hydrogen) atoms. The summed E-state index contributed by atoms with van der Waals surface area (Å²) < 4.78 is 24.5. The SMILES string of the molecule is CCOc1cc2c(cc1N[C@@H](C)C(=O)Nc1ccc(F)cc1)O[C@@H](C)C2. The number of amides is 1. The van der Waals surface area contributed by atoms with E-state index in [2.05, 4.69) is 10.6 Å². The molecule has 0 fully saturated rings. The molecule has 0 saturated heterocycles. The molecule has 0 bridgehead atoms. The quantitative estimate of drug-likeness (QED) is 0.820. The molecule has 6 heteroatoms. The highest BCUT2D eigenvalue weighted by atomic mass is 19.1. The molecule has 1 aliphatic heterocycles. The molecule has 1 amide bonds. The lowest BCUT2D eigenvalue weighted by atomic mass is 10.1. The molecule has 0 radical (unpaired) electrons. The highest BCUT2D eigenvalue weighted by Gasteiger charge is 2.23. The number of ether oxygens (including phenoxy) is 2. The third-order valence-electron chi connectivity index (χ3n) is 4.18. The normalized spacial score (nSPS) is 16.4. The van der Waals surface area contributed by atoms with Gasteiger partial charge in [-0.2, -0.15) is 0 Å². The van der Waals surface area contributed by atoms with Gasteiger partial charge in [0.2, 0.25) is 5.91 Å². The van der Waals surface area contributed by atoms with Gasteiger partial charge in [0, 0.05) is 23.7 Å². The lowest BCUT2D eigenvalue weighted by Crippen LogP contribution is -2.32. The summed E-state index contributed by atoms with van der Waals surface area (Å²) in [7, 11) is 0. The third kappa shape index (κ3) is 4.07. The van der Waals surface area contributed by atoms with Crippen LogP contribution in [0.4, 0.5) is 15.8 Å². The monoisotopic (exact) mass is 358 g/mol. The van der Waals surface area contributed by atoms with Gasteiger partial charge in [-0.25, -0.2) is 4.39 Å². The van der Waals surface area contributed by atoms with Gasteiger partial charge in [0.15, 0.2) is 0 Å². The second-order valence-electron chi connectivity index (χ2n) is 6.38. The summed E-state index contributed by atoms with van der Waals surface area (Å²) in [6.45, 7) is 6.22. The fourth-order valence-electron chi connectivity index (χ4n) is 2.91. The first-order valence-electron chi connectivity index (χ1n) is 8.75. The van der Waals surface area contributed by atoms with E-state index < -0.39 is 6.04 Å². The van der Waals surface area contributed by atoms with E-state index in [-0.39, 0.29) is 17.8 Å². The standard InChI is InChI=1S/C20H23FN2O3/c1-4-25-19-10-14-9-12(2)26-18(14)11-17(19)22-13(3)20(24)23-16-7-5-15(21)6-8-16/h5-8,10-13,22H,4,9H2,1-3H3,(H,23,24)/t12-,13-/m0/s1. The second-order valence-corrected chi connectivity index (χ2v) is 6.38. The molecule has 0 spiro atoms. The molecular weight excluding hydrogens is 335 g/mol.